The van der Waals surface area contributed by atoms with E-state index in [-0.39, 0.29) is 57.9 Å². The molecule has 6 rings (SSSR count). The molecule has 4 aromatic heterocycles. The Labute approximate surface area is 341 Å². The molecule has 0 fully saturated rings. The fourth-order valence-corrected chi connectivity index (χ4v) is 7.49. The third-order valence-electron chi connectivity index (χ3n) is 8.68. The van der Waals surface area contributed by atoms with Crippen LogP contribution in [0, 0.1) is 25.5 Å². The lowest BCUT2D eigenvalue weighted by Crippen LogP contribution is -2.42. The van der Waals surface area contributed by atoms with E-state index < -0.39 is 41.7 Å². The van der Waals surface area contributed by atoms with Gasteiger partial charge >= 0.3 is 18.0 Å². The topological polar surface area (TPSA) is 188 Å². The number of hydrogen-bond acceptors (Lipinski definition) is 12. The monoisotopic (exact) mass is 832 g/mol. The summed E-state index contributed by atoms with van der Waals surface area (Å²) in [6.45, 7) is 3.32. The summed E-state index contributed by atoms with van der Waals surface area (Å²) in [6.07, 6.45) is 1.53. The largest absolute Gasteiger partial charge is 0.480 e. The SMILES string of the molecule is C.Cc1c(F)cnc2cc(C(=O)CC[C@@H](N)C(=O)O)sc12.Cc1c(F)cnc2cc(C(=O)CC[C@@H](NC(=O)OCc3ccccc3)C(=O)OCc3ccccc3)sc12. The first-order valence-electron chi connectivity index (χ1n) is 17.6. The number of esters is 1. The van der Waals surface area contributed by atoms with Gasteiger partial charge in [-0.05, 0) is 49.9 Å². The molecule has 0 aliphatic carbocycles. The van der Waals surface area contributed by atoms with Crippen molar-refractivity contribution in [2.24, 2.45) is 5.73 Å². The van der Waals surface area contributed by atoms with Crippen LogP contribution in [0.5, 0.6) is 0 Å². The molecule has 4 N–H and O–H groups in total. The second kappa shape index (κ2) is 21.0. The van der Waals surface area contributed by atoms with Gasteiger partial charge in [0.2, 0.25) is 0 Å². The fraction of sp³-hybridized carbons (Fsp3) is 0.262. The molecule has 0 aliphatic rings. The molecule has 304 valence electrons. The highest BCUT2D eigenvalue weighted by Gasteiger charge is 2.25. The molecular weight excluding hydrogens is 791 g/mol. The van der Waals surface area contributed by atoms with E-state index in [9.17, 15) is 32.8 Å². The normalized spacial score (nSPS) is 11.7. The number of carbonyl (C=O) groups excluding carboxylic acids is 4. The maximum Gasteiger partial charge on any atom is 0.408 e. The second-order valence-electron chi connectivity index (χ2n) is 12.8. The summed E-state index contributed by atoms with van der Waals surface area (Å²) in [5.74, 6) is -3.11. The summed E-state index contributed by atoms with van der Waals surface area (Å²) in [5.41, 5.74) is 8.93. The summed E-state index contributed by atoms with van der Waals surface area (Å²) in [7, 11) is 0. The molecular formula is C42H42F2N4O8S2. The first-order valence-corrected chi connectivity index (χ1v) is 19.3. The third kappa shape index (κ3) is 12.0. The highest BCUT2D eigenvalue weighted by molar-refractivity contribution is 7.21. The maximum atomic E-state index is 13.8. The van der Waals surface area contributed by atoms with Crippen LogP contribution in [-0.2, 0) is 32.3 Å². The number of aromatic nitrogens is 2. The van der Waals surface area contributed by atoms with Crippen molar-refractivity contribution in [2.75, 3.05) is 0 Å². The minimum atomic E-state index is -1.13. The van der Waals surface area contributed by atoms with Crippen LogP contribution in [0.25, 0.3) is 20.4 Å². The molecule has 0 saturated carbocycles. The van der Waals surface area contributed by atoms with Crippen molar-refractivity contribution < 1.29 is 47.3 Å². The molecule has 2 aromatic carbocycles. The predicted molar refractivity (Wildman–Crippen MR) is 218 cm³/mol. The number of aliphatic carboxylic acids is 1. The van der Waals surface area contributed by atoms with Gasteiger partial charge in [-0.2, -0.15) is 0 Å². The molecule has 0 saturated heterocycles. The van der Waals surface area contributed by atoms with Gasteiger partial charge in [-0.3, -0.25) is 24.4 Å². The number of Topliss-reactive ketones (excluding diaryl/α,β-unsaturated/α-hetero) is 2. The Morgan fingerprint density at radius 1 is 0.741 bits per heavy atom. The van der Waals surface area contributed by atoms with E-state index in [1.807, 2.05) is 60.7 Å². The van der Waals surface area contributed by atoms with Crippen LogP contribution in [0.4, 0.5) is 13.6 Å². The molecule has 6 aromatic rings. The number of thiophene rings is 2. The number of rotatable bonds is 15. The molecule has 0 unspecified atom stereocenters. The van der Waals surface area contributed by atoms with Gasteiger partial charge in [0.05, 0.1) is 42.6 Å². The Balaban J connectivity index is 0.000000300. The number of carboxylic acids is 1. The Morgan fingerprint density at radius 3 is 1.66 bits per heavy atom. The molecule has 4 heterocycles. The van der Waals surface area contributed by atoms with E-state index in [4.69, 9.17) is 20.3 Å². The number of carboxylic acid groups (broad SMARTS) is 1. The van der Waals surface area contributed by atoms with Crippen molar-refractivity contribution in [2.45, 2.75) is 72.3 Å². The van der Waals surface area contributed by atoms with Gasteiger partial charge in [0.1, 0.15) is 36.9 Å². The number of benzene rings is 2. The van der Waals surface area contributed by atoms with E-state index >= 15 is 0 Å². The number of nitrogens with zero attached hydrogens (tertiary/aromatic N) is 2. The lowest BCUT2D eigenvalue weighted by atomic mass is 10.1. The van der Waals surface area contributed by atoms with Crippen LogP contribution in [0.15, 0.2) is 85.2 Å². The van der Waals surface area contributed by atoms with E-state index in [2.05, 4.69) is 15.3 Å². The highest BCUT2D eigenvalue weighted by atomic mass is 32.1. The maximum absolute atomic E-state index is 13.8. The number of alkyl carbamates (subject to hydrolysis) is 1. The number of halogens is 2. The molecule has 16 heteroatoms. The fourth-order valence-electron chi connectivity index (χ4n) is 5.35. The zero-order valence-electron chi connectivity index (χ0n) is 30.8. The van der Waals surface area contributed by atoms with Gasteiger partial charge in [-0.1, -0.05) is 68.1 Å². The predicted octanol–water partition coefficient (Wildman–Crippen LogP) is 8.50. The first-order chi connectivity index (χ1) is 27.3. The summed E-state index contributed by atoms with van der Waals surface area (Å²) < 4.78 is 39.1. The molecule has 0 spiro atoms. The number of carbonyl (C=O) groups is 5. The van der Waals surface area contributed by atoms with Crippen molar-refractivity contribution >= 4 is 72.7 Å². The summed E-state index contributed by atoms with van der Waals surface area (Å²) in [5, 5.41) is 11.2. The molecule has 12 nitrogen and oxygen atoms in total. The standard InChI is InChI=1S/C28H25FN2O5S.C13H13FN2O3S.CH4/c1-18-21(29)15-30-23-14-25(37-26(18)23)24(32)13-12-22(27(33)35-16-19-8-4-2-5-9-19)31-28(34)36-17-20-10-6-3-7-11-20;1-6-7(14)5-16-9-4-11(20-12(6)9)10(17)3-2-8(15)13(18)19;/h2-11,14-15,22H,12-13,16-17H2,1H3,(H,31,34);4-5,8H,2-3,15H2,1H3,(H,18,19);1H4/t22-;8-;/m11./s1. The summed E-state index contributed by atoms with van der Waals surface area (Å²) >= 11 is 2.32. The lowest BCUT2D eigenvalue weighted by molar-refractivity contribution is -0.147. The molecule has 58 heavy (non-hydrogen) atoms. The van der Waals surface area contributed by atoms with Gasteiger partial charge in [0.15, 0.2) is 11.6 Å². The Hall–Kier alpha value is -5.97. The van der Waals surface area contributed by atoms with Gasteiger partial charge in [0.25, 0.3) is 0 Å². The number of aryl methyl sites for hydroxylation is 2. The van der Waals surface area contributed by atoms with E-state index in [0.29, 0.717) is 41.3 Å². The zero-order chi connectivity index (χ0) is 41.1. The van der Waals surface area contributed by atoms with Gasteiger partial charge in [0, 0.05) is 24.0 Å². The van der Waals surface area contributed by atoms with Crippen molar-refractivity contribution in [3.63, 3.8) is 0 Å². The number of fused-ring (bicyclic) bond motifs is 2. The van der Waals surface area contributed by atoms with Crippen LogP contribution < -0.4 is 11.1 Å². The minimum Gasteiger partial charge on any atom is -0.480 e. The lowest BCUT2D eigenvalue weighted by Gasteiger charge is -2.17. The number of ketones is 2. The van der Waals surface area contributed by atoms with Crippen molar-refractivity contribution in [1.29, 1.82) is 0 Å². The first kappa shape index (κ1) is 44.7. The van der Waals surface area contributed by atoms with E-state index in [0.717, 1.165) is 34.9 Å². The van der Waals surface area contributed by atoms with Gasteiger partial charge in [-0.15, -0.1) is 22.7 Å². The van der Waals surface area contributed by atoms with Crippen molar-refractivity contribution in [3.05, 3.63) is 129 Å². The summed E-state index contributed by atoms with van der Waals surface area (Å²) in [4.78, 5) is 69.6. The molecule has 0 aliphatic heterocycles. The van der Waals surface area contributed by atoms with Crippen LogP contribution in [0.3, 0.4) is 0 Å². The number of pyridine rings is 2. The third-order valence-corrected chi connectivity index (χ3v) is 11.2. The molecule has 1 amide bonds. The second-order valence-corrected chi connectivity index (χ2v) is 14.9. The quantitative estimate of drug-likeness (QED) is 0.0665. The van der Waals surface area contributed by atoms with Crippen molar-refractivity contribution in [1.82, 2.24) is 15.3 Å². The summed E-state index contributed by atoms with van der Waals surface area (Å²) in [6, 6.07) is 19.3. The van der Waals surface area contributed by atoms with E-state index in [1.54, 1.807) is 26.0 Å². The highest BCUT2D eigenvalue weighted by Crippen LogP contribution is 2.30. The van der Waals surface area contributed by atoms with Crippen LogP contribution in [-0.4, -0.2) is 56.8 Å². The number of ether oxygens (including phenoxy) is 2. The molecule has 0 bridgehead atoms. The Morgan fingerprint density at radius 2 is 1.19 bits per heavy atom. The van der Waals surface area contributed by atoms with Crippen LogP contribution in [0.1, 0.15) is 74.7 Å². The zero-order valence-corrected chi connectivity index (χ0v) is 32.5. The average molecular weight is 833 g/mol. The van der Waals surface area contributed by atoms with Gasteiger partial charge < -0.3 is 25.6 Å². The molecule has 2 atom stereocenters. The Bertz CT molecular complexity index is 2390. The van der Waals surface area contributed by atoms with Crippen LogP contribution in [0.2, 0.25) is 0 Å². The van der Waals surface area contributed by atoms with E-state index in [1.165, 1.54) is 11.3 Å². The number of amides is 1. The average Bonchev–Trinajstić information content (AvgIpc) is 3.87. The van der Waals surface area contributed by atoms with Gasteiger partial charge in [-0.25, -0.2) is 18.4 Å². The van der Waals surface area contributed by atoms with Crippen molar-refractivity contribution in [3.8, 4) is 0 Å². The minimum absolute atomic E-state index is 0. The number of hydrogen-bond donors (Lipinski definition) is 3. The number of nitrogens with two attached hydrogens (primary N) is 1. The molecule has 0 radical (unpaired) electrons. The Kier molecular flexibility index (Phi) is 16.2. The number of nitrogens with one attached hydrogen (secondary N) is 1. The smallest absolute Gasteiger partial charge is 0.408 e. The van der Waals surface area contributed by atoms with Crippen LogP contribution >= 0.6 is 22.7 Å².